The van der Waals surface area contributed by atoms with E-state index in [9.17, 15) is 25.3 Å². The first-order chi connectivity index (χ1) is 10.3. The summed E-state index contributed by atoms with van der Waals surface area (Å²) in [6.07, 6.45) is 3.67. The molecule has 1 heterocycles. The molecule has 0 aliphatic rings. The fourth-order valence-corrected chi connectivity index (χ4v) is 1.72. The molecule has 22 heavy (non-hydrogen) atoms. The zero-order valence-corrected chi connectivity index (χ0v) is 12.7. The Morgan fingerprint density at radius 3 is 2.32 bits per heavy atom. The molecule has 0 aliphatic heterocycles. The number of hydrogen-bond donors (Lipinski definition) is 1. The van der Waals surface area contributed by atoms with E-state index in [-0.39, 0.29) is 0 Å². The summed E-state index contributed by atoms with van der Waals surface area (Å²) in [5, 5.41) is 32.0. The van der Waals surface area contributed by atoms with Crippen LogP contribution in [0.15, 0.2) is 42.7 Å². The van der Waals surface area contributed by atoms with Crippen LogP contribution in [0.2, 0.25) is 0 Å². The fourth-order valence-electron chi connectivity index (χ4n) is 1.38. The Kier molecular flexibility index (Phi) is 6.20. The minimum Gasteiger partial charge on any atom is -0.868 e. The number of halogens is 1. The van der Waals surface area contributed by atoms with Gasteiger partial charge in [-0.2, -0.15) is 0 Å². The predicted molar refractivity (Wildman–Crippen MR) is 78.6 cm³/mol. The first kappa shape index (κ1) is 17.3. The molecule has 2 aromatic rings. The highest BCUT2D eigenvalue weighted by molar-refractivity contribution is 9.08. The van der Waals surface area contributed by atoms with E-state index >= 15 is 0 Å². The van der Waals surface area contributed by atoms with Gasteiger partial charge in [0.1, 0.15) is 0 Å². The number of nitro benzene ring substituents is 2. The van der Waals surface area contributed by atoms with Gasteiger partial charge in [-0.15, -0.1) is 0 Å². The minimum absolute atomic E-state index is 0.466. The van der Waals surface area contributed by atoms with Gasteiger partial charge in [-0.25, -0.2) is 5.84 Å². The topological polar surface area (TPSA) is 139 Å². The summed E-state index contributed by atoms with van der Waals surface area (Å²) in [4.78, 5) is 18.6. The van der Waals surface area contributed by atoms with E-state index < -0.39 is 27.0 Å². The van der Waals surface area contributed by atoms with Gasteiger partial charge in [0, 0.05) is 23.0 Å². The Balaban J connectivity index is 0.000000235. The van der Waals surface area contributed by atoms with Gasteiger partial charge in [0.2, 0.25) is 6.20 Å². The number of nitro groups is 2. The average molecular weight is 371 g/mol. The number of nitrogens with two attached hydrogens (primary N) is 1. The maximum absolute atomic E-state index is 10.8. The second kappa shape index (κ2) is 7.88. The van der Waals surface area contributed by atoms with Gasteiger partial charge in [-0.05, 0) is 11.8 Å². The van der Waals surface area contributed by atoms with Gasteiger partial charge < -0.3 is 5.11 Å². The number of non-ortho nitro benzene ring substituents is 1. The van der Waals surface area contributed by atoms with Crippen molar-refractivity contribution in [2.24, 2.45) is 0 Å². The van der Waals surface area contributed by atoms with Crippen LogP contribution in [0.3, 0.4) is 0 Å². The summed E-state index contributed by atoms with van der Waals surface area (Å²) in [5.74, 6) is 4.59. The number of rotatable bonds is 3. The number of pyridine rings is 1. The molecule has 0 saturated carbocycles. The van der Waals surface area contributed by atoms with Crippen molar-refractivity contribution >= 4 is 27.3 Å². The van der Waals surface area contributed by atoms with Crippen LogP contribution >= 0.6 is 15.9 Å². The third-order valence-electron chi connectivity index (χ3n) is 2.39. The fraction of sp³-hybridized carbons (Fsp3) is 0.0833. The van der Waals surface area contributed by atoms with E-state index in [1.807, 2.05) is 18.3 Å². The Morgan fingerprint density at radius 2 is 1.86 bits per heavy atom. The van der Waals surface area contributed by atoms with Gasteiger partial charge in [0.15, 0.2) is 6.20 Å². The zero-order chi connectivity index (χ0) is 16.7. The highest BCUT2D eigenvalue weighted by Crippen LogP contribution is 2.27. The van der Waals surface area contributed by atoms with Gasteiger partial charge in [-0.1, -0.05) is 26.7 Å². The summed E-state index contributed by atoms with van der Waals surface area (Å²) < 4.78 is 1.54. The molecule has 0 spiro atoms. The molecular formula is C12H11BrN4O5. The summed E-state index contributed by atoms with van der Waals surface area (Å²) >= 11 is 3.32. The quantitative estimate of drug-likeness (QED) is 0.282. The van der Waals surface area contributed by atoms with Gasteiger partial charge in [0.05, 0.1) is 15.9 Å². The van der Waals surface area contributed by atoms with Crippen molar-refractivity contribution < 1.29 is 19.6 Å². The van der Waals surface area contributed by atoms with Crippen LogP contribution in [-0.2, 0) is 5.33 Å². The number of alkyl halides is 1. The van der Waals surface area contributed by atoms with Crippen molar-refractivity contribution in [1.29, 1.82) is 0 Å². The molecule has 0 radical (unpaired) electrons. The van der Waals surface area contributed by atoms with E-state index in [0.29, 0.717) is 6.07 Å². The standard InChI is InChI=1S/C6H8BrN2.C6H4N2O5/c7-4-6-2-1-3-9(8)5-6;9-6-2-1-4(7(10)11)3-5(6)8(12)13/h1-3,5H,4,8H2;1-3,9H/q+1;/p-1. The van der Waals surface area contributed by atoms with Gasteiger partial charge >= 0.3 is 0 Å². The lowest BCUT2D eigenvalue weighted by Crippen LogP contribution is -2.43. The van der Waals surface area contributed by atoms with E-state index in [1.165, 1.54) is 10.2 Å². The molecule has 1 aromatic heterocycles. The molecule has 0 bridgehead atoms. The first-order valence-electron chi connectivity index (χ1n) is 5.76. The van der Waals surface area contributed by atoms with Crippen LogP contribution in [0.5, 0.6) is 5.75 Å². The van der Waals surface area contributed by atoms with Crippen LogP contribution in [0.4, 0.5) is 11.4 Å². The molecular weight excluding hydrogens is 360 g/mol. The minimum atomic E-state index is -0.949. The van der Waals surface area contributed by atoms with E-state index in [0.717, 1.165) is 17.5 Å². The molecule has 0 saturated heterocycles. The second-order valence-electron chi connectivity index (χ2n) is 3.96. The normalized spacial score (nSPS) is 9.50. The summed E-state index contributed by atoms with van der Waals surface area (Å²) in [6.45, 7) is 0. The van der Waals surface area contributed by atoms with Crippen molar-refractivity contribution in [3.8, 4) is 5.75 Å². The Morgan fingerprint density at radius 1 is 1.18 bits per heavy atom. The van der Waals surface area contributed by atoms with E-state index in [4.69, 9.17) is 5.84 Å². The molecule has 0 aliphatic carbocycles. The van der Waals surface area contributed by atoms with Crippen LogP contribution in [0, 0.1) is 20.2 Å². The molecule has 116 valence electrons. The molecule has 0 atom stereocenters. The van der Waals surface area contributed by atoms with Crippen LogP contribution in [0.25, 0.3) is 0 Å². The second-order valence-corrected chi connectivity index (χ2v) is 4.52. The Hall–Kier alpha value is -2.75. The lowest BCUT2D eigenvalue weighted by molar-refractivity contribution is -0.639. The van der Waals surface area contributed by atoms with Crippen molar-refractivity contribution in [3.63, 3.8) is 0 Å². The highest BCUT2D eigenvalue weighted by Gasteiger charge is 2.13. The third kappa shape index (κ3) is 4.98. The maximum atomic E-state index is 10.8. The first-order valence-corrected chi connectivity index (χ1v) is 6.88. The van der Waals surface area contributed by atoms with E-state index in [1.54, 1.807) is 6.20 Å². The molecule has 1 aromatic carbocycles. The Bertz CT molecular complexity index is 695. The zero-order valence-electron chi connectivity index (χ0n) is 11.1. The van der Waals surface area contributed by atoms with E-state index in [2.05, 4.69) is 15.9 Å². The van der Waals surface area contributed by atoms with Crippen molar-refractivity contribution in [1.82, 2.24) is 0 Å². The SMILES string of the molecule is N[n+]1cccc(CBr)c1.O=[N+]([O-])c1ccc([O-])c([N+](=O)[O-])c1. The monoisotopic (exact) mass is 370 g/mol. The van der Waals surface area contributed by atoms with Crippen LogP contribution < -0.4 is 15.6 Å². The summed E-state index contributed by atoms with van der Waals surface area (Å²) in [5.41, 5.74) is -0.0690. The lowest BCUT2D eigenvalue weighted by atomic mass is 10.2. The summed E-state index contributed by atoms with van der Waals surface area (Å²) in [7, 11) is 0. The largest absolute Gasteiger partial charge is 0.868 e. The smallest absolute Gasteiger partial charge is 0.276 e. The maximum Gasteiger partial charge on any atom is 0.276 e. The number of nitrogens with zero attached hydrogens (tertiary/aromatic N) is 3. The molecule has 0 amide bonds. The van der Waals surface area contributed by atoms with Gasteiger partial charge in [0.25, 0.3) is 11.4 Å². The number of aromatic nitrogens is 1. The molecule has 2 rings (SSSR count). The lowest BCUT2D eigenvalue weighted by Gasteiger charge is -2.03. The Labute approximate surface area is 133 Å². The molecule has 10 heteroatoms. The third-order valence-corrected chi connectivity index (χ3v) is 3.04. The predicted octanol–water partition coefficient (Wildman–Crippen LogP) is 1.16. The number of nitrogen functional groups attached to an aromatic ring is 1. The van der Waals surface area contributed by atoms with Crippen molar-refractivity contribution in [3.05, 3.63) is 68.5 Å². The van der Waals surface area contributed by atoms with Gasteiger partial charge in [-0.3, -0.25) is 20.2 Å². The highest BCUT2D eigenvalue weighted by atomic mass is 79.9. The number of hydrogen-bond acceptors (Lipinski definition) is 6. The molecule has 9 nitrogen and oxygen atoms in total. The van der Waals surface area contributed by atoms with Crippen molar-refractivity contribution in [2.75, 3.05) is 5.84 Å². The molecule has 0 fully saturated rings. The van der Waals surface area contributed by atoms with Crippen LogP contribution in [0.1, 0.15) is 5.56 Å². The molecule has 2 N–H and O–H groups in total. The number of benzene rings is 1. The molecule has 0 unspecified atom stereocenters. The average Bonchev–Trinajstić information content (AvgIpc) is 2.47. The van der Waals surface area contributed by atoms with Crippen molar-refractivity contribution in [2.45, 2.75) is 5.33 Å². The summed E-state index contributed by atoms with van der Waals surface area (Å²) in [6, 6.07) is 6.29. The van der Waals surface area contributed by atoms with Crippen LogP contribution in [-0.4, -0.2) is 9.85 Å².